The molecule has 1 aliphatic heterocycles. The molecule has 5 nitrogen and oxygen atoms in total. The number of fused-ring (bicyclic) bond motifs is 1. The van der Waals surface area contributed by atoms with Gasteiger partial charge >= 0.3 is 0 Å². The van der Waals surface area contributed by atoms with Crippen LogP contribution in [0.15, 0.2) is 0 Å². The van der Waals surface area contributed by atoms with Crippen molar-refractivity contribution in [1.82, 2.24) is 14.8 Å². The molecule has 0 fully saturated rings. The minimum atomic E-state index is 0.473. The number of nitrogens with one attached hydrogen (secondary N) is 2. The first kappa shape index (κ1) is 9.30. The Morgan fingerprint density at radius 1 is 1.64 bits per heavy atom. The van der Waals surface area contributed by atoms with Crippen LogP contribution in [0.2, 0.25) is 0 Å². The summed E-state index contributed by atoms with van der Waals surface area (Å²) in [7, 11) is 1.84. The highest BCUT2D eigenvalue weighted by Gasteiger charge is 2.26. The highest BCUT2D eigenvalue weighted by atomic mass is 15.5. The van der Waals surface area contributed by atoms with Gasteiger partial charge in [0.15, 0.2) is 0 Å². The van der Waals surface area contributed by atoms with Crippen LogP contribution < -0.4 is 10.6 Å². The van der Waals surface area contributed by atoms with Crippen LogP contribution in [0.3, 0.4) is 0 Å². The molecule has 14 heavy (non-hydrogen) atoms. The predicted octanol–water partition coefficient (Wildman–Crippen LogP) is 1.33. The summed E-state index contributed by atoms with van der Waals surface area (Å²) in [6.07, 6.45) is 1.10. The van der Waals surface area contributed by atoms with Gasteiger partial charge in [0, 0.05) is 13.6 Å². The highest BCUT2D eigenvalue weighted by molar-refractivity contribution is 5.36. The van der Waals surface area contributed by atoms with Gasteiger partial charge in [-0.1, -0.05) is 13.8 Å². The lowest BCUT2D eigenvalue weighted by molar-refractivity contribution is 0.312. The summed E-state index contributed by atoms with van der Waals surface area (Å²) in [5.74, 6) is 2.19. The van der Waals surface area contributed by atoms with Crippen LogP contribution in [0.5, 0.6) is 0 Å². The zero-order valence-corrected chi connectivity index (χ0v) is 8.91. The molecule has 1 aromatic heterocycles. The van der Waals surface area contributed by atoms with Gasteiger partial charge < -0.3 is 10.6 Å². The van der Waals surface area contributed by atoms with E-state index in [0.29, 0.717) is 17.9 Å². The third kappa shape index (κ3) is 1.32. The van der Waals surface area contributed by atoms with E-state index >= 15 is 0 Å². The maximum Gasteiger partial charge on any atom is 0.243 e. The summed E-state index contributed by atoms with van der Waals surface area (Å²) < 4.78 is 2.00. The van der Waals surface area contributed by atoms with Crippen LogP contribution in [-0.2, 0) is 0 Å². The fourth-order valence-electron chi connectivity index (χ4n) is 1.99. The largest absolute Gasteiger partial charge is 0.356 e. The Bertz CT molecular complexity index is 319. The lowest BCUT2D eigenvalue weighted by Gasteiger charge is -2.29. The fourth-order valence-corrected chi connectivity index (χ4v) is 1.99. The molecule has 0 spiro atoms. The summed E-state index contributed by atoms with van der Waals surface area (Å²) in [6.45, 7) is 5.42. The quantitative estimate of drug-likeness (QED) is 0.747. The van der Waals surface area contributed by atoms with Gasteiger partial charge in [-0.2, -0.15) is 4.98 Å². The van der Waals surface area contributed by atoms with Gasteiger partial charge in [0.05, 0.1) is 6.04 Å². The van der Waals surface area contributed by atoms with Crippen LogP contribution in [0.25, 0.3) is 0 Å². The number of hydrogen-bond acceptors (Lipinski definition) is 4. The predicted molar refractivity (Wildman–Crippen MR) is 56.6 cm³/mol. The molecule has 2 N–H and O–H groups in total. The average Bonchev–Trinajstić information content (AvgIpc) is 2.60. The Hall–Kier alpha value is -1.26. The Labute approximate surface area is 83.9 Å². The molecule has 0 amide bonds. The van der Waals surface area contributed by atoms with E-state index in [4.69, 9.17) is 0 Å². The number of hydrogen-bond donors (Lipinski definition) is 2. The van der Waals surface area contributed by atoms with Gasteiger partial charge in [-0.3, -0.25) is 0 Å². The number of nitrogens with zero attached hydrogens (tertiary/aromatic N) is 3. The molecule has 78 valence electrons. The minimum absolute atomic E-state index is 0.473. The summed E-state index contributed by atoms with van der Waals surface area (Å²) in [5.41, 5.74) is 0. The number of anilines is 2. The zero-order chi connectivity index (χ0) is 10.1. The maximum absolute atomic E-state index is 4.40. The third-order valence-electron chi connectivity index (χ3n) is 2.83. The van der Waals surface area contributed by atoms with Crippen LogP contribution in [0.1, 0.15) is 26.3 Å². The molecule has 2 heterocycles. The number of rotatable bonds is 2. The summed E-state index contributed by atoms with van der Waals surface area (Å²) >= 11 is 0. The van der Waals surface area contributed by atoms with E-state index in [1.807, 2.05) is 11.7 Å². The summed E-state index contributed by atoms with van der Waals surface area (Å²) in [5, 5.41) is 10.6. The second-order valence-corrected chi connectivity index (χ2v) is 3.79. The first-order chi connectivity index (χ1) is 6.76. The average molecular weight is 195 g/mol. The van der Waals surface area contributed by atoms with Gasteiger partial charge in [0.2, 0.25) is 11.9 Å². The Kier molecular flexibility index (Phi) is 2.31. The minimum Gasteiger partial charge on any atom is -0.356 e. The van der Waals surface area contributed by atoms with Crippen LogP contribution >= 0.6 is 0 Å². The molecule has 2 atom stereocenters. The van der Waals surface area contributed by atoms with Crippen molar-refractivity contribution in [1.29, 1.82) is 0 Å². The Balaban J connectivity index is 2.35. The molecule has 0 aromatic carbocycles. The lowest BCUT2D eigenvalue weighted by atomic mass is 9.98. The van der Waals surface area contributed by atoms with E-state index in [9.17, 15) is 0 Å². The van der Waals surface area contributed by atoms with E-state index in [2.05, 4.69) is 34.6 Å². The molecule has 2 rings (SSSR count). The fraction of sp³-hybridized carbons (Fsp3) is 0.778. The van der Waals surface area contributed by atoms with Crippen molar-refractivity contribution in [3.8, 4) is 0 Å². The first-order valence-corrected chi connectivity index (χ1v) is 5.14. The van der Waals surface area contributed by atoms with Crippen molar-refractivity contribution in [3.63, 3.8) is 0 Å². The SMILES string of the molecule is CCC1C(C)CNc2nc(NC)nn21. The highest BCUT2D eigenvalue weighted by Crippen LogP contribution is 2.29. The standard InChI is InChI=1S/C9H17N5/c1-4-7-6(2)5-11-9-12-8(10-3)13-14(7)9/h6-7H,4-5H2,1-3H3,(H2,10,11,12,13). The normalized spacial score (nSPS) is 25.4. The van der Waals surface area contributed by atoms with Crippen LogP contribution in [0.4, 0.5) is 11.9 Å². The van der Waals surface area contributed by atoms with Gasteiger partial charge in [-0.25, -0.2) is 4.68 Å². The van der Waals surface area contributed by atoms with Crippen molar-refractivity contribution < 1.29 is 0 Å². The molecular formula is C9H17N5. The van der Waals surface area contributed by atoms with Crippen molar-refractivity contribution in [2.75, 3.05) is 24.2 Å². The van der Waals surface area contributed by atoms with E-state index < -0.39 is 0 Å². The van der Waals surface area contributed by atoms with Crippen molar-refractivity contribution in [3.05, 3.63) is 0 Å². The summed E-state index contributed by atoms with van der Waals surface area (Å²) in [6, 6.07) is 0.473. The van der Waals surface area contributed by atoms with Crippen molar-refractivity contribution in [2.45, 2.75) is 26.3 Å². The molecular weight excluding hydrogens is 178 g/mol. The maximum atomic E-state index is 4.40. The lowest BCUT2D eigenvalue weighted by Crippen LogP contribution is -2.31. The second-order valence-electron chi connectivity index (χ2n) is 3.79. The molecule has 0 saturated carbocycles. The van der Waals surface area contributed by atoms with Gasteiger partial charge in [-0.15, -0.1) is 5.10 Å². The molecule has 0 radical (unpaired) electrons. The Morgan fingerprint density at radius 2 is 2.43 bits per heavy atom. The molecule has 5 heteroatoms. The topological polar surface area (TPSA) is 54.8 Å². The first-order valence-electron chi connectivity index (χ1n) is 5.14. The van der Waals surface area contributed by atoms with E-state index in [-0.39, 0.29) is 0 Å². The zero-order valence-electron chi connectivity index (χ0n) is 8.91. The molecule has 0 saturated heterocycles. The molecule has 1 aliphatic rings. The molecule has 2 unspecified atom stereocenters. The molecule has 0 bridgehead atoms. The molecule has 1 aromatic rings. The van der Waals surface area contributed by atoms with Gasteiger partial charge in [0.1, 0.15) is 0 Å². The third-order valence-corrected chi connectivity index (χ3v) is 2.83. The van der Waals surface area contributed by atoms with Crippen molar-refractivity contribution >= 4 is 11.9 Å². The van der Waals surface area contributed by atoms with Crippen molar-refractivity contribution in [2.24, 2.45) is 5.92 Å². The van der Waals surface area contributed by atoms with Gasteiger partial charge in [0.25, 0.3) is 0 Å². The van der Waals surface area contributed by atoms with Gasteiger partial charge in [-0.05, 0) is 12.3 Å². The van der Waals surface area contributed by atoms with Crippen LogP contribution in [-0.4, -0.2) is 28.4 Å². The monoisotopic (exact) mass is 195 g/mol. The van der Waals surface area contributed by atoms with Crippen LogP contribution in [0, 0.1) is 5.92 Å². The smallest absolute Gasteiger partial charge is 0.243 e. The van der Waals surface area contributed by atoms with E-state index in [0.717, 1.165) is 18.9 Å². The van der Waals surface area contributed by atoms with E-state index in [1.54, 1.807) is 0 Å². The summed E-state index contributed by atoms with van der Waals surface area (Å²) in [4.78, 5) is 4.33. The molecule has 0 aliphatic carbocycles. The second kappa shape index (κ2) is 3.48. The van der Waals surface area contributed by atoms with E-state index in [1.165, 1.54) is 0 Å². The Morgan fingerprint density at radius 3 is 3.07 bits per heavy atom. The number of aromatic nitrogens is 3.